The fourth-order valence-electron chi connectivity index (χ4n) is 3.35. The van der Waals surface area contributed by atoms with Crippen molar-refractivity contribution in [3.63, 3.8) is 0 Å². The van der Waals surface area contributed by atoms with E-state index in [9.17, 15) is 4.79 Å². The highest BCUT2D eigenvalue weighted by Gasteiger charge is 2.17. The van der Waals surface area contributed by atoms with E-state index in [1.807, 2.05) is 30.3 Å². The molecule has 3 aromatic rings. The van der Waals surface area contributed by atoms with Crippen LogP contribution < -0.4 is 5.56 Å². The van der Waals surface area contributed by atoms with Crippen molar-refractivity contribution in [2.24, 2.45) is 0 Å². The maximum Gasteiger partial charge on any atom is 0.258 e. The third kappa shape index (κ3) is 4.15. The van der Waals surface area contributed by atoms with Gasteiger partial charge in [-0.05, 0) is 24.3 Å². The molecule has 136 valence electrons. The van der Waals surface area contributed by atoms with Crippen LogP contribution in [0.15, 0.2) is 41.2 Å². The summed E-state index contributed by atoms with van der Waals surface area (Å²) in [5.74, 6) is 0.768. The normalized spacial score (nSPS) is 16.3. The lowest BCUT2D eigenvalue weighted by molar-refractivity contribution is 0.128. The van der Waals surface area contributed by atoms with Gasteiger partial charge in [-0.15, -0.1) is 11.3 Å². The Morgan fingerprint density at radius 3 is 2.62 bits per heavy atom. The zero-order valence-electron chi connectivity index (χ0n) is 14.4. The first-order valence-electron chi connectivity index (χ1n) is 8.84. The van der Waals surface area contributed by atoms with E-state index < -0.39 is 0 Å². The van der Waals surface area contributed by atoms with Crippen molar-refractivity contribution in [3.05, 3.63) is 61.8 Å². The average molecular weight is 389 g/mol. The summed E-state index contributed by atoms with van der Waals surface area (Å²) < 4.78 is 0.857. The molecule has 1 aliphatic heterocycles. The Labute approximate surface area is 161 Å². The molecule has 1 aliphatic rings. The van der Waals surface area contributed by atoms with Crippen LogP contribution in [0.3, 0.4) is 0 Å². The zero-order valence-corrected chi connectivity index (χ0v) is 16.0. The van der Waals surface area contributed by atoms with E-state index in [2.05, 4.69) is 25.8 Å². The molecule has 1 fully saturated rings. The van der Waals surface area contributed by atoms with E-state index in [0.717, 1.165) is 61.4 Å². The van der Waals surface area contributed by atoms with Crippen LogP contribution in [0.1, 0.15) is 10.7 Å². The quantitative estimate of drug-likeness (QED) is 0.730. The van der Waals surface area contributed by atoms with Gasteiger partial charge in [-0.2, -0.15) is 0 Å². The Hall–Kier alpha value is -1.73. The van der Waals surface area contributed by atoms with Crippen molar-refractivity contribution in [3.8, 4) is 0 Å². The molecule has 0 unspecified atom stereocenters. The molecule has 0 spiro atoms. The second-order valence-electron chi connectivity index (χ2n) is 6.60. The molecule has 0 aliphatic carbocycles. The van der Waals surface area contributed by atoms with Gasteiger partial charge in [-0.25, -0.2) is 4.98 Å². The van der Waals surface area contributed by atoms with E-state index in [1.165, 1.54) is 4.88 Å². The summed E-state index contributed by atoms with van der Waals surface area (Å²) in [5.41, 5.74) is 0.718. The van der Waals surface area contributed by atoms with Crippen molar-refractivity contribution in [1.82, 2.24) is 19.8 Å². The second kappa shape index (κ2) is 7.88. The molecular formula is C19H21ClN4OS. The average Bonchev–Trinajstić information content (AvgIpc) is 3.06. The van der Waals surface area contributed by atoms with E-state index in [4.69, 9.17) is 11.6 Å². The molecule has 3 heterocycles. The Kier molecular flexibility index (Phi) is 5.36. The number of para-hydroxylation sites is 1. The van der Waals surface area contributed by atoms with Gasteiger partial charge < -0.3 is 9.88 Å². The minimum absolute atomic E-state index is 0.0509. The number of H-pyrrole nitrogens is 1. The van der Waals surface area contributed by atoms with Gasteiger partial charge in [-0.3, -0.25) is 9.69 Å². The van der Waals surface area contributed by atoms with E-state index in [-0.39, 0.29) is 5.56 Å². The molecule has 4 rings (SSSR count). The smallest absolute Gasteiger partial charge is 0.258 e. The standard InChI is InChI=1S/C19H21ClN4OS/c20-17-6-5-14(26-17)13-24-11-9-23(10-12-24)8-7-18-21-16-4-2-1-3-15(16)19(25)22-18/h1-6H,7-13H2,(H,21,22,25). The Morgan fingerprint density at radius 2 is 1.85 bits per heavy atom. The summed E-state index contributed by atoms with van der Waals surface area (Å²) in [4.78, 5) is 25.9. The number of piperazine rings is 1. The van der Waals surface area contributed by atoms with Crippen LogP contribution in [0.2, 0.25) is 4.34 Å². The van der Waals surface area contributed by atoms with E-state index in [0.29, 0.717) is 5.39 Å². The lowest BCUT2D eigenvalue weighted by Gasteiger charge is -2.34. The molecule has 0 saturated carbocycles. The third-order valence-electron chi connectivity index (χ3n) is 4.80. The minimum atomic E-state index is -0.0509. The van der Waals surface area contributed by atoms with Crippen LogP contribution in [0, 0.1) is 0 Å². The molecule has 1 N–H and O–H groups in total. The van der Waals surface area contributed by atoms with E-state index >= 15 is 0 Å². The first-order valence-corrected chi connectivity index (χ1v) is 10.0. The summed E-state index contributed by atoms with van der Waals surface area (Å²) >= 11 is 7.67. The molecule has 1 saturated heterocycles. The largest absolute Gasteiger partial charge is 0.310 e. The van der Waals surface area contributed by atoms with Crippen molar-refractivity contribution >= 4 is 33.8 Å². The number of benzene rings is 1. The van der Waals surface area contributed by atoms with Crippen LogP contribution in [0.5, 0.6) is 0 Å². The van der Waals surface area contributed by atoms with Crippen LogP contribution in [0.25, 0.3) is 10.9 Å². The van der Waals surface area contributed by atoms with Crippen molar-refractivity contribution in [1.29, 1.82) is 0 Å². The minimum Gasteiger partial charge on any atom is -0.310 e. The molecule has 0 atom stereocenters. The lowest BCUT2D eigenvalue weighted by Crippen LogP contribution is -2.46. The highest BCUT2D eigenvalue weighted by Crippen LogP contribution is 2.23. The molecule has 7 heteroatoms. The number of aromatic amines is 1. The molecule has 26 heavy (non-hydrogen) atoms. The number of nitrogens with one attached hydrogen (secondary N) is 1. The number of rotatable bonds is 5. The molecule has 1 aromatic carbocycles. The van der Waals surface area contributed by atoms with E-state index in [1.54, 1.807) is 11.3 Å². The monoisotopic (exact) mass is 388 g/mol. The summed E-state index contributed by atoms with van der Waals surface area (Å²) in [6, 6.07) is 11.6. The number of fused-ring (bicyclic) bond motifs is 1. The predicted molar refractivity (Wildman–Crippen MR) is 107 cm³/mol. The molecule has 0 radical (unpaired) electrons. The van der Waals surface area contributed by atoms with Crippen molar-refractivity contribution in [2.75, 3.05) is 32.7 Å². The SMILES string of the molecule is O=c1[nH]c(CCN2CCN(Cc3ccc(Cl)s3)CC2)nc2ccccc12. The number of hydrogen-bond acceptors (Lipinski definition) is 5. The molecule has 0 bridgehead atoms. The first-order chi connectivity index (χ1) is 12.7. The highest BCUT2D eigenvalue weighted by atomic mass is 35.5. The predicted octanol–water partition coefficient (Wildman–Crippen LogP) is 3.00. The summed E-state index contributed by atoms with van der Waals surface area (Å²) in [7, 11) is 0. The lowest BCUT2D eigenvalue weighted by atomic mass is 10.2. The van der Waals surface area contributed by atoms with Gasteiger partial charge in [0.25, 0.3) is 5.56 Å². The summed E-state index contributed by atoms with van der Waals surface area (Å²) in [6.07, 6.45) is 0.764. The Bertz CT molecular complexity index is 946. The topological polar surface area (TPSA) is 52.2 Å². The molecular weight excluding hydrogens is 368 g/mol. The molecule has 2 aromatic heterocycles. The van der Waals surface area contributed by atoms with Crippen LogP contribution in [-0.2, 0) is 13.0 Å². The Balaban J connectivity index is 1.30. The number of nitrogens with zero attached hydrogens (tertiary/aromatic N) is 3. The van der Waals surface area contributed by atoms with Gasteiger partial charge in [0.15, 0.2) is 0 Å². The van der Waals surface area contributed by atoms with Gasteiger partial charge in [0, 0.05) is 50.6 Å². The van der Waals surface area contributed by atoms with Crippen LogP contribution in [0.4, 0.5) is 0 Å². The van der Waals surface area contributed by atoms with Gasteiger partial charge in [0.2, 0.25) is 0 Å². The molecule has 5 nitrogen and oxygen atoms in total. The maximum atomic E-state index is 12.1. The highest BCUT2D eigenvalue weighted by molar-refractivity contribution is 7.16. The van der Waals surface area contributed by atoms with Gasteiger partial charge in [-0.1, -0.05) is 23.7 Å². The third-order valence-corrected chi connectivity index (χ3v) is 6.02. The summed E-state index contributed by atoms with van der Waals surface area (Å²) in [6.45, 7) is 6.08. The number of hydrogen-bond donors (Lipinski definition) is 1. The summed E-state index contributed by atoms with van der Waals surface area (Å²) in [5, 5.41) is 0.651. The first kappa shape index (κ1) is 17.7. The second-order valence-corrected chi connectivity index (χ2v) is 8.40. The number of halogens is 1. The number of aromatic nitrogens is 2. The maximum absolute atomic E-state index is 12.1. The molecule has 0 amide bonds. The Morgan fingerprint density at radius 1 is 1.08 bits per heavy atom. The van der Waals surface area contributed by atoms with Crippen molar-refractivity contribution < 1.29 is 0 Å². The van der Waals surface area contributed by atoms with Crippen LogP contribution in [-0.4, -0.2) is 52.5 Å². The fraction of sp³-hybridized carbons (Fsp3) is 0.368. The van der Waals surface area contributed by atoms with Crippen LogP contribution >= 0.6 is 22.9 Å². The van der Waals surface area contributed by atoms with Gasteiger partial charge in [0.05, 0.1) is 15.2 Å². The van der Waals surface area contributed by atoms with Gasteiger partial charge >= 0.3 is 0 Å². The zero-order chi connectivity index (χ0) is 17.9. The van der Waals surface area contributed by atoms with Gasteiger partial charge in [0.1, 0.15) is 5.82 Å². The fourth-order valence-corrected chi connectivity index (χ4v) is 4.48. The van der Waals surface area contributed by atoms with Crippen molar-refractivity contribution in [2.45, 2.75) is 13.0 Å². The number of thiophene rings is 1.